The number of ketones is 1. The van der Waals surface area contributed by atoms with Gasteiger partial charge in [0.05, 0.1) is 37.5 Å². The second-order valence-corrected chi connectivity index (χ2v) is 7.34. The molecular formula is C22H25Cl2N3O6. The number of benzene rings is 2. The lowest BCUT2D eigenvalue weighted by Gasteiger charge is -2.15. The molecule has 0 aliphatic carbocycles. The van der Waals surface area contributed by atoms with Crippen molar-refractivity contribution in [3.8, 4) is 23.0 Å². The molecule has 0 aliphatic heterocycles. The Hall–Kier alpha value is -3.04. The van der Waals surface area contributed by atoms with Crippen LogP contribution < -0.4 is 24.3 Å². The molecule has 11 heteroatoms. The second kappa shape index (κ2) is 12.3. The number of hydrogen-bond acceptors (Lipinski definition) is 8. The van der Waals surface area contributed by atoms with Crippen molar-refractivity contribution in [2.24, 2.45) is 10.2 Å². The first-order valence-corrected chi connectivity index (χ1v) is 10.7. The number of carbonyl (C=O) groups is 2. The third kappa shape index (κ3) is 6.72. The van der Waals surface area contributed by atoms with Crippen molar-refractivity contribution in [3.63, 3.8) is 0 Å². The molecule has 2 aromatic carbocycles. The molecular weight excluding hydrogens is 473 g/mol. The average Bonchev–Trinajstić information content (AvgIpc) is 2.77. The Morgan fingerprint density at radius 2 is 1.61 bits per heavy atom. The van der Waals surface area contributed by atoms with Crippen molar-refractivity contribution in [2.75, 3.05) is 32.8 Å². The zero-order valence-corrected chi connectivity index (χ0v) is 20.4. The van der Waals surface area contributed by atoms with Gasteiger partial charge in [0.1, 0.15) is 34.4 Å². The summed E-state index contributed by atoms with van der Waals surface area (Å²) in [7, 11) is 2.88. The van der Waals surface area contributed by atoms with E-state index in [9.17, 15) is 9.59 Å². The fourth-order valence-electron chi connectivity index (χ4n) is 2.73. The first-order chi connectivity index (χ1) is 15.7. The highest BCUT2D eigenvalue weighted by Crippen LogP contribution is 2.39. The van der Waals surface area contributed by atoms with E-state index in [-0.39, 0.29) is 22.1 Å². The molecule has 0 saturated heterocycles. The van der Waals surface area contributed by atoms with Crippen LogP contribution in [0, 0.1) is 0 Å². The molecule has 0 fully saturated rings. The number of hydrogen-bond donors (Lipinski definition) is 1. The van der Waals surface area contributed by atoms with Gasteiger partial charge in [-0.05, 0) is 20.8 Å². The highest BCUT2D eigenvalue weighted by atomic mass is 35.5. The third-order valence-electron chi connectivity index (χ3n) is 4.26. The zero-order valence-electron chi connectivity index (χ0n) is 18.9. The van der Waals surface area contributed by atoms with Gasteiger partial charge in [0, 0.05) is 24.3 Å². The van der Waals surface area contributed by atoms with Crippen molar-refractivity contribution in [3.05, 3.63) is 34.3 Å². The fourth-order valence-corrected chi connectivity index (χ4v) is 3.18. The van der Waals surface area contributed by atoms with E-state index in [0.717, 1.165) is 0 Å². The fraction of sp³-hybridized carbons (Fsp3) is 0.364. The van der Waals surface area contributed by atoms with Crippen LogP contribution in [-0.4, -0.2) is 45.2 Å². The number of carbonyl (C=O) groups excluding carboxylic acids is 2. The Labute approximate surface area is 202 Å². The number of halogens is 2. The quantitative estimate of drug-likeness (QED) is 0.324. The van der Waals surface area contributed by atoms with Crippen molar-refractivity contribution in [2.45, 2.75) is 26.8 Å². The SMILES string of the molecule is CCOc1cc(N=NC(C(C)=O)C(=O)Nc2c(Cl)cc(OC)cc2OC)c(OCC)cc1Cl. The summed E-state index contributed by atoms with van der Waals surface area (Å²) in [6, 6.07) is 4.66. The van der Waals surface area contributed by atoms with E-state index < -0.39 is 17.7 Å². The molecule has 0 heterocycles. The van der Waals surface area contributed by atoms with Gasteiger partial charge in [-0.2, -0.15) is 10.2 Å². The smallest absolute Gasteiger partial charge is 0.258 e. The Morgan fingerprint density at radius 1 is 0.939 bits per heavy atom. The molecule has 2 aromatic rings. The summed E-state index contributed by atoms with van der Waals surface area (Å²) in [6.45, 7) is 5.56. The number of nitrogens with one attached hydrogen (secondary N) is 1. The molecule has 1 atom stereocenters. The van der Waals surface area contributed by atoms with Crippen LogP contribution in [0.3, 0.4) is 0 Å². The molecule has 1 N–H and O–H groups in total. The molecule has 0 bridgehead atoms. The normalized spacial score (nSPS) is 11.7. The van der Waals surface area contributed by atoms with E-state index in [1.807, 2.05) is 6.92 Å². The van der Waals surface area contributed by atoms with Crippen LogP contribution >= 0.6 is 23.2 Å². The molecule has 2 rings (SSSR count). The summed E-state index contributed by atoms with van der Waals surface area (Å²) in [5.41, 5.74) is 0.426. The van der Waals surface area contributed by atoms with Crippen molar-refractivity contribution in [1.82, 2.24) is 0 Å². The van der Waals surface area contributed by atoms with E-state index in [1.165, 1.54) is 39.3 Å². The van der Waals surface area contributed by atoms with Crippen molar-refractivity contribution < 1.29 is 28.5 Å². The summed E-state index contributed by atoms with van der Waals surface area (Å²) in [5.74, 6) is 0.122. The van der Waals surface area contributed by atoms with Crippen LogP contribution in [0.2, 0.25) is 10.0 Å². The number of amides is 1. The topological polar surface area (TPSA) is 108 Å². The van der Waals surface area contributed by atoms with E-state index >= 15 is 0 Å². The predicted molar refractivity (Wildman–Crippen MR) is 126 cm³/mol. The summed E-state index contributed by atoms with van der Waals surface area (Å²) in [5, 5.41) is 11.1. The van der Waals surface area contributed by atoms with Crippen LogP contribution in [0.25, 0.3) is 0 Å². The minimum Gasteiger partial charge on any atom is -0.497 e. The maximum atomic E-state index is 12.9. The van der Waals surface area contributed by atoms with Gasteiger partial charge >= 0.3 is 0 Å². The third-order valence-corrected chi connectivity index (χ3v) is 4.85. The molecule has 0 aliphatic rings. The van der Waals surface area contributed by atoms with Gasteiger partial charge < -0.3 is 24.3 Å². The monoisotopic (exact) mass is 497 g/mol. The Kier molecular flexibility index (Phi) is 9.74. The molecule has 0 aromatic heterocycles. The van der Waals surface area contributed by atoms with E-state index in [4.69, 9.17) is 42.1 Å². The molecule has 9 nitrogen and oxygen atoms in total. The van der Waals surface area contributed by atoms with E-state index in [2.05, 4.69) is 15.5 Å². The Morgan fingerprint density at radius 3 is 2.18 bits per heavy atom. The predicted octanol–water partition coefficient (Wildman–Crippen LogP) is 5.49. The molecule has 0 radical (unpaired) electrons. The first-order valence-electron chi connectivity index (χ1n) is 9.98. The minimum atomic E-state index is -1.45. The molecule has 33 heavy (non-hydrogen) atoms. The number of methoxy groups -OCH3 is 2. The molecule has 178 valence electrons. The number of ether oxygens (including phenoxy) is 4. The van der Waals surface area contributed by atoms with Crippen LogP contribution in [0.1, 0.15) is 20.8 Å². The van der Waals surface area contributed by atoms with Crippen LogP contribution in [0.15, 0.2) is 34.5 Å². The first kappa shape index (κ1) is 26.2. The zero-order chi connectivity index (χ0) is 24.5. The second-order valence-electron chi connectivity index (χ2n) is 6.52. The lowest BCUT2D eigenvalue weighted by Crippen LogP contribution is -2.32. The number of nitrogens with zero attached hydrogens (tertiary/aromatic N) is 2. The maximum Gasteiger partial charge on any atom is 0.258 e. The van der Waals surface area contributed by atoms with Crippen LogP contribution in [-0.2, 0) is 9.59 Å². The lowest BCUT2D eigenvalue weighted by atomic mass is 10.2. The van der Waals surface area contributed by atoms with Crippen LogP contribution in [0.4, 0.5) is 11.4 Å². The number of Topliss-reactive ketones (excluding diaryl/α,β-unsaturated/α-hetero) is 1. The van der Waals surface area contributed by atoms with Gasteiger partial charge in [-0.15, -0.1) is 0 Å². The summed E-state index contributed by atoms with van der Waals surface area (Å²) >= 11 is 12.5. The molecule has 0 spiro atoms. The Bertz CT molecular complexity index is 1050. The highest BCUT2D eigenvalue weighted by molar-refractivity contribution is 6.34. The number of rotatable bonds is 11. The largest absolute Gasteiger partial charge is 0.497 e. The standard InChI is InChI=1S/C22H25Cl2N3O6/c1-6-32-17-11-16(18(33-7-2)10-14(17)23)26-27-20(12(3)28)22(29)25-21-15(24)8-13(30-4)9-19(21)31-5/h8-11,20H,6-7H2,1-5H3,(H,25,29). The summed E-state index contributed by atoms with van der Waals surface area (Å²) in [4.78, 5) is 25.1. The number of azo groups is 1. The molecule has 1 unspecified atom stereocenters. The van der Waals surface area contributed by atoms with E-state index in [1.54, 1.807) is 13.0 Å². The Balaban J connectivity index is 2.38. The highest BCUT2D eigenvalue weighted by Gasteiger charge is 2.26. The molecule has 1 amide bonds. The summed E-state index contributed by atoms with van der Waals surface area (Å²) < 4.78 is 21.4. The van der Waals surface area contributed by atoms with Gasteiger partial charge in [0.15, 0.2) is 5.78 Å². The van der Waals surface area contributed by atoms with Gasteiger partial charge in [-0.3, -0.25) is 9.59 Å². The van der Waals surface area contributed by atoms with Crippen molar-refractivity contribution in [1.29, 1.82) is 0 Å². The van der Waals surface area contributed by atoms with Gasteiger partial charge in [0.2, 0.25) is 6.04 Å². The van der Waals surface area contributed by atoms with Gasteiger partial charge in [0.25, 0.3) is 5.91 Å². The maximum absolute atomic E-state index is 12.9. The average molecular weight is 498 g/mol. The number of anilines is 1. The van der Waals surface area contributed by atoms with Crippen molar-refractivity contribution >= 4 is 46.3 Å². The lowest BCUT2D eigenvalue weighted by molar-refractivity contribution is -0.126. The van der Waals surface area contributed by atoms with Gasteiger partial charge in [-0.1, -0.05) is 23.2 Å². The summed E-state index contributed by atoms with van der Waals surface area (Å²) in [6.07, 6.45) is 0. The van der Waals surface area contributed by atoms with Crippen LogP contribution in [0.5, 0.6) is 23.0 Å². The molecule has 0 saturated carbocycles. The van der Waals surface area contributed by atoms with Gasteiger partial charge in [-0.25, -0.2) is 0 Å². The van der Waals surface area contributed by atoms with E-state index in [0.29, 0.717) is 35.5 Å². The minimum absolute atomic E-state index is 0.163.